The fraction of sp³-hybridized carbons (Fsp3) is 0.621. The van der Waals surface area contributed by atoms with E-state index in [4.69, 9.17) is 9.31 Å². The van der Waals surface area contributed by atoms with E-state index in [1.165, 1.54) is 18.8 Å². The Labute approximate surface area is 212 Å². The highest BCUT2D eigenvalue weighted by molar-refractivity contribution is 6.18. The molecule has 1 saturated carbocycles. The summed E-state index contributed by atoms with van der Waals surface area (Å²) < 4.78 is 11.8. The van der Waals surface area contributed by atoms with Crippen molar-refractivity contribution in [1.82, 2.24) is 5.32 Å². The van der Waals surface area contributed by atoms with Crippen molar-refractivity contribution in [2.24, 2.45) is 11.8 Å². The van der Waals surface area contributed by atoms with Crippen molar-refractivity contribution >= 4 is 13.6 Å². The van der Waals surface area contributed by atoms with Gasteiger partial charge in [0.25, 0.3) is 0 Å². The number of nitrogens with one attached hydrogen (secondary N) is 1. The second-order valence-electron chi connectivity index (χ2n) is 10.2. The largest absolute Gasteiger partial charge is 0.488 e. The number of benzene rings is 1. The molecule has 1 amide bonds. The molecular weight excluding hydrogens is 437 g/mol. The lowest BCUT2D eigenvalue weighted by atomic mass is 9.82. The molecule has 35 heavy (non-hydrogen) atoms. The molecule has 1 aromatic carbocycles. The number of carbonyl (C=O) groups excluding carboxylic acids is 1. The summed E-state index contributed by atoms with van der Waals surface area (Å²) in [6, 6.07) is 10.3. The van der Waals surface area contributed by atoms with Crippen molar-refractivity contribution in [1.29, 1.82) is 0 Å². The minimum absolute atomic E-state index is 0.134. The van der Waals surface area contributed by atoms with Gasteiger partial charge in [0.15, 0.2) is 0 Å². The summed E-state index contributed by atoms with van der Waals surface area (Å²) in [5.74, 6) is 0.694. The minimum atomic E-state index is -0.518. The first-order chi connectivity index (χ1) is 17.0. The molecule has 3 rings (SSSR count). The van der Waals surface area contributed by atoms with Gasteiger partial charge in [-0.25, -0.2) is 0 Å². The van der Waals surface area contributed by atoms with E-state index in [1.54, 1.807) is 0 Å². The molecule has 5 nitrogen and oxygen atoms in total. The number of rotatable bonds is 14. The van der Waals surface area contributed by atoms with Crippen LogP contribution in [0.25, 0.3) is 0 Å². The van der Waals surface area contributed by atoms with E-state index in [-0.39, 0.29) is 17.9 Å². The summed E-state index contributed by atoms with van der Waals surface area (Å²) >= 11 is 0. The number of aliphatic hydroxyl groups is 1. The van der Waals surface area contributed by atoms with Crippen molar-refractivity contribution in [2.45, 2.75) is 96.4 Å². The fourth-order valence-electron chi connectivity index (χ4n) is 5.42. The Kier molecular flexibility index (Phi) is 11.1. The van der Waals surface area contributed by atoms with Crippen LogP contribution in [0.3, 0.4) is 0 Å². The van der Waals surface area contributed by atoms with Gasteiger partial charge in [-0.2, -0.15) is 0 Å². The number of unbranched alkanes of at least 4 members (excludes halogenated alkanes) is 1. The highest BCUT2D eigenvalue weighted by atomic mass is 16.6. The van der Waals surface area contributed by atoms with E-state index in [1.807, 2.05) is 31.2 Å². The first-order valence-corrected chi connectivity index (χ1v) is 13.5. The lowest BCUT2D eigenvalue weighted by Gasteiger charge is -2.35. The van der Waals surface area contributed by atoms with Crippen LogP contribution < -0.4 is 5.32 Å². The van der Waals surface area contributed by atoms with Crippen molar-refractivity contribution in [3.63, 3.8) is 0 Å². The molecule has 2 fully saturated rings. The van der Waals surface area contributed by atoms with Crippen LogP contribution in [0.2, 0.25) is 0 Å². The van der Waals surface area contributed by atoms with Gasteiger partial charge in [-0.1, -0.05) is 73.9 Å². The molecule has 6 heteroatoms. The maximum Gasteiger partial charge on any atom is 0.488 e. The molecule has 4 unspecified atom stereocenters. The highest BCUT2D eigenvalue weighted by Gasteiger charge is 2.50. The lowest BCUT2D eigenvalue weighted by Crippen LogP contribution is -2.40. The molecule has 1 heterocycles. The zero-order valence-electron chi connectivity index (χ0n) is 21.7. The standard InChI is InChI=1S/C29H43BNO4/c1-4-6-10-24(19-28(33)31-5-2)14-13-22(3)27-20-26-21-29(27,35-30-34-26)18-17-25(32)16-15-23-11-8-7-9-12-23/h7-9,11-13,17-18,24-27,32H,4-6,10,14-16,19-21H2,1-3H3,(H,31,33)/b18-17+,22-13?/t24?,25-,26?,27?,29?/m0/s1. The van der Waals surface area contributed by atoms with Crippen molar-refractivity contribution in [2.75, 3.05) is 6.54 Å². The molecule has 2 bridgehead atoms. The Hall–Kier alpha value is -1.89. The number of amides is 1. The Morgan fingerprint density at radius 3 is 2.83 bits per heavy atom. The smallest absolute Gasteiger partial charge is 0.410 e. The van der Waals surface area contributed by atoms with Gasteiger partial charge < -0.3 is 19.7 Å². The van der Waals surface area contributed by atoms with Gasteiger partial charge in [-0.3, -0.25) is 4.79 Å². The maximum atomic E-state index is 12.2. The van der Waals surface area contributed by atoms with Crippen molar-refractivity contribution in [3.05, 3.63) is 59.7 Å². The second kappa shape index (κ2) is 14.0. The van der Waals surface area contributed by atoms with E-state index in [2.05, 4.69) is 43.4 Å². The van der Waals surface area contributed by atoms with E-state index in [9.17, 15) is 9.90 Å². The van der Waals surface area contributed by atoms with E-state index in [0.717, 1.165) is 44.9 Å². The van der Waals surface area contributed by atoms with Gasteiger partial charge >= 0.3 is 7.69 Å². The third kappa shape index (κ3) is 8.33. The predicted octanol–water partition coefficient (Wildman–Crippen LogP) is 5.30. The first kappa shape index (κ1) is 27.7. The molecule has 191 valence electrons. The van der Waals surface area contributed by atoms with Crippen LogP contribution in [-0.4, -0.2) is 43.1 Å². The third-order valence-electron chi connectivity index (χ3n) is 7.46. The van der Waals surface area contributed by atoms with Crippen LogP contribution in [0.5, 0.6) is 0 Å². The van der Waals surface area contributed by atoms with E-state index >= 15 is 0 Å². The number of aliphatic hydroxyl groups excluding tert-OH is 1. The Balaban J connectivity index is 1.65. The van der Waals surface area contributed by atoms with Crippen LogP contribution in [0, 0.1) is 11.8 Å². The zero-order valence-corrected chi connectivity index (χ0v) is 21.7. The number of hydrogen-bond donors (Lipinski definition) is 2. The molecule has 0 spiro atoms. The van der Waals surface area contributed by atoms with Gasteiger partial charge in [0, 0.05) is 31.4 Å². The van der Waals surface area contributed by atoms with Gasteiger partial charge in [0.05, 0.1) is 11.7 Å². The maximum absolute atomic E-state index is 12.2. The van der Waals surface area contributed by atoms with Crippen LogP contribution in [0.4, 0.5) is 0 Å². The molecule has 1 aliphatic heterocycles. The number of fused-ring (bicyclic) bond motifs is 2. The highest BCUT2D eigenvalue weighted by Crippen LogP contribution is 2.47. The van der Waals surface area contributed by atoms with Crippen LogP contribution in [0.15, 0.2) is 54.1 Å². The molecule has 1 saturated heterocycles. The molecular formula is C29H43BNO4. The molecule has 0 aromatic heterocycles. The van der Waals surface area contributed by atoms with Gasteiger partial charge in [-0.05, 0) is 57.4 Å². The van der Waals surface area contributed by atoms with Gasteiger partial charge in [0.2, 0.25) is 5.91 Å². The van der Waals surface area contributed by atoms with Crippen molar-refractivity contribution < 1.29 is 19.2 Å². The molecule has 5 atom stereocenters. The number of carbonyl (C=O) groups is 1. The number of aryl methyl sites for hydroxylation is 1. The van der Waals surface area contributed by atoms with Gasteiger partial charge in [-0.15, -0.1) is 0 Å². The van der Waals surface area contributed by atoms with E-state index < -0.39 is 11.7 Å². The first-order valence-electron chi connectivity index (χ1n) is 13.5. The topological polar surface area (TPSA) is 67.8 Å². The number of allylic oxidation sites excluding steroid dienone is 1. The Morgan fingerprint density at radius 1 is 1.29 bits per heavy atom. The molecule has 1 aliphatic carbocycles. The summed E-state index contributed by atoms with van der Waals surface area (Å²) in [6.07, 6.45) is 13.9. The van der Waals surface area contributed by atoms with Gasteiger partial charge in [0.1, 0.15) is 0 Å². The summed E-state index contributed by atoms with van der Waals surface area (Å²) in [5, 5.41) is 13.6. The van der Waals surface area contributed by atoms with Crippen LogP contribution in [0.1, 0.15) is 77.7 Å². The average molecular weight is 480 g/mol. The summed E-state index contributed by atoms with van der Waals surface area (Å²) in [7, 11) is 1.49. The normalized spacial score (nSPS) is 25.9. The van der Waals surface area contributed by atoms with Crippen LogP contribution in [-0.2, 0) is 20.5 Å². The Morgan fingerprint density at radius 2 is 2.09 bits per heavy atom. The summed E-state index contributed by atoms with van der Waals surface area (Å²) in [5.41, 5.74) is 2.04. The summed E-state index contributed by atoms with van der Waals surface area (Å²) in [4.78, 5) is 12.2. The van der Waals surface area contributed by atoms with Crippen LogP contribution >= 0.6 is 0 Å². The third-order valence-corrected chi connectivity index (χ3v) is 7.46. The fourth-order valence-corrected chi connectivity index (χ4v) is 5.42. The monoisotopic (exact) mass is 480 g/mol. The Bertz CT molecular complexity index is 842. The zero-order chi connectivity index (χ0) is 25.1. The molecule has 2 aliphatic rings. The minimum Gasteiger partial charge on any atom is -0.410 e. The number of hydrogen-bond acceptors (Lipinski definition) is 4. The van der Waals surface area contributed by atoms with Crippen molar-refractivity contribution in [3.8, 4) is 0 Å². The molecule has 1 radical (unpaired) electrons. The second-order valence-corrected chi connectivity index (χ2v) is 10.2. The summed E-state index contributed by atoms with van der Waals surface area (Å²) in [6.45, 7) is 7.02. The SMILES string of the molecule is CCCCC(CC=C(C)C1CC2CC1(/C=C/[C@@H](O)CCc1ccccc1)O[B]O2)CC(=O)NCC. The molecule has 2 N–H and O–H groups in total. The van der Waals surface area contributed by atoms with E-state index in [0.29, 0.717) is 25.3 Å². The molecule has 1 aromatic rings. The predicted molar refractivity (Wildman–Crippen MR) is 142 cm³/mol. The quantitative estimate of drug-likeness (QED) is 0.280. The lowest BCUT2D eigenvalue weighted by molar-refractivity contribution is -0.121. The average Bonchev–Trinajstić information content (AvgIpc) is 3.13.